The van der Waals surface area contributed by atoms with Gasteiger partial charge in [-0.1, -0.05) is 34.1 Å². The van der Waals surface area contributed by atoms with Gasteiger partial charge in [-0.25, -0.2) is 4.39 Å². The zero-order valence-corrected chi connectivity index (χ0v) is 12.7. The second-order valence-corrected chi connectivity index (χ2v) is 5.83. The summed E-state index contributed by atoms with van der Waals surface area (Å²) in [6.07, 6.45) is 1.33. The summed E-state index contributed by atoms with van der Waals surface area (Å²) in [4.78, 5) is 4.28. The Morgan fingerprint density at radius 3 is 2.76 bits per heavy atom. The summed E-state index contributed by atoms with van der Waals surface area (Å²) < 4.78 is 14.1. The van der Waals surface area contributed by atoms with Crippen molar-refractivity contribution in [2.75, 3.05) is 0 Å². The van der Waals surface area contributed by atoms with Crippen molar-refractivity contribution in [3.05, 3.63) is 76.1 Å². The first-order valence-corrected chi connectivity index (χ1v) is 7.39. The van der Waals surface area contributed by atoms with Gasteiger partial charge in [0.05, 0.1) is 11.6 Å². The normalized spacial score (nSPS) is 12.5. The molecule has 4 heteroatoms. The lowest BCUT2D eigenvalue weighted by atomic mass is 9.98. The van der Waals surface area contributed by atoms with E-state index in [0.29, 0.717) is 10.9 Å². The van der Waals surface area contributed by atoms with E-state index in [9.17, 15) is 9.50 Å². The van der Waals surface area contributed by atoms with Gasteiger partial charge in [-0.15, -0.1) is 0 Å². The van der Waals surface area contributed by atoms with E-state index in [1.54, 1.807) is 12.3 Å². The van der Waals surface area contributed by atoms with Gasteiger partial charge in [0.1, 0.15) is 5.82 Å². The SMILES string of the molecule is OC(Cc1cc(F)cc(Br)c1)c1ccnc2ccccc12. The number of pyridine rings is 1. The molecule has 0 saturated heterocycles. The Morgan fingerprint density at radius 2 is 1.95 bits per heavy atom. The van der Waals surface area contributed by atoms with Crippen LogP contribution in [0.1, 0.15) is 17.2 Å². The first-order chi connectivity index (χ1) is 10.1. The third-order valence-electron chi connectivity index (χ3n) is 3.39. The number of halogens is 2. The number of para-hydroxylation sites is 1. The third-order valence-corrected chi connectivity index (χ3v) is 3.85. The van der Waals surface area contributed by atoms with Crippen molar-refractivity contribution in [3.8, 4) is 0 Å². The molecule has 0 spiro atoms. The van der Waals surface area contributed by atoms with Gasteiger partial charge in [0, 0.05) is 22.5 Å². The summed E-state index contributed by atoms with van der Waals surface area (Å²) in [6.45, 7) is 0. The summed E-state index contributed by atoms with van der Waals surface area (Å²) >= 11 is 3.27. The number of benzene rings is 2. The van der Waals surface area contributed by atoms with Crippen molar-refractivity contribution in [3.63, 3.8) is 0 Å². The van der Waals surface area contributed by atoms with Gasteiger partial charge in [-0.3, -0.25) is 4.98 Å². The van der Waals surface area contributed by atoms with Gasteiger partial charge in [-0.05, 0) is 41.5 Å². The van der Waals surface area contributed by atoms with Crippen molar-refractivity contribution in [2.45, 2.75) is 12.5 Å². The average Bonchev–Trinajstić information content (AvgIpc) is 2.45. The predicted molar refractivity (Wildman–Crippen MR) is 84.5 cm³/mol. The van der Waals surface area contributed by atoms with Crippen molar-refractivity contribution >= 4 is 26.8 Å². The fourth-order valence-electron chi connectivity index (χ4n) is 2.47. The van der Waals surface area contributed by atoms with E-state index < -0.39 is 6.10 Å². The fraction of sp³-hybridized carbons (Fsp3) is 0.118. The molecule has 0 fully saturated rings. The van der Waals surface area contributed by atoms with Crippen LogP contribution < -0.4 is 0 Å². The highest BCUT2D eigenvalue weighted by atomic mass is 79.9. The Bertz CT molecular complexity index is 765. The molecule has 1 N–H and O–H groups in total. The van der Waals surface area contributed by atoms with Crippen molar-refractivity contribution in [1.29, 1.82) is 0 Å². The number of hydrogen-bond donors (Lipinski definition) is 1. The van der Waals surface area contributed by atoms with Crippen LogP contribution in [0.15, 0.2) is 59.2 Å². The average molecular weight is 346 g/mol. The molecule has 1 atom stereocenters. The molecule has 0 bridgehead atoms. The standard InChI is InChI=1S/C17H13BrFNO/c18-12-7-11(8-13(19)10-12)9-17(21)15-5-6-20-16-4-2-1-3-14(15)16/h1-8,10,17,21H,9H2. The first-order valence-electron chi connectivity index (χ1n) is 6.60. The number of aliphatic hydroxyl groups excluding tert-OH is 1. The maximum Gasteiger partial charge on any atom is 0.124 e. The Hall–Kier alpha value is -1.78. The minimum Gasteiger partial charge on any atom is -0.388 e. The van der Waals surface area contributed by atoms with Crippen LogP contribution in [0.3, 0.4) is 0 Å². The molecular weight excluding hydrogens is 333 g/mol. The molecule has 0 aliphatic heterocycles. The van der Waals surface area contributed by atoms with E-state index in [1.807, 2.05) is 30.3 Å². The van der Waals surface area contributed by atoms with E-state index >= 15 is 0 Å². The molecule has 0 aliphatic rings. The van der Waals surface area contributed by atoms with Crippen molar-refractivity contribution in [2.24, 2.45) is 0 Å². The lowest BCUT2D eigenvalue weighted by molar-refractivity contribution is 0.180. The summed E-state index contributed by atoms with van der Waals surface area (Å²) in [5, 5.41) is 11.4. The molecule has 2 aromatic carbocycles. The topological polar surface area (TPSA) is 33.1 Å². The molecule has 1 aromatic heterocycles. The zero-order chi connectivity index (χ0) is 14.8. The molecule has 0 radical (unpaired) electrons. The monoisotopic (exact) mass is 345 g/mol. The smallest absolute Gasteiger partial charge is 0.124 e. The maximum atomic E-state index is 13.4. The largest absolute Gasteiger partial charge is 0.388 e. The Morgan fingerprint density at radius 1 is 1.14 bits per heavy atom. The zero-order valence-electron chi connectivity index (χ0n) is 11.1. The van der Waals surface area contributed by atoms with Gasteiger partial charge in [0.15, 0.2) is 0 Å². The lowest BCUT2D eigenvalue weighted by Crippen LogP contribution is -2.03. The predicted octanol–water partition coefficient (Wildman–Crippen LogP) is 4.41. The minimum absolute atomic E-state index is 0.314. The number of hydrogen-bond acceptors (Lipinski definition) is 2. The molecule has 0 saturated carbocycles. The highest BCUT2D eigenvalue weighted by Gasteiger charge is 2.13. The number of nitrogens with zero attached hydrogens (tertiary/aromatic N) is 1. The van der Waals surface area contributed by atoms with E-state index in [-0.39, 0.29) is 5.82 Å². The molecule has 2 nitrogen and oxygen atoms in total. The number of aliphatic hydroxyl groups is 1. The van der Waals surface area contributed by atoms with E-state index in [1.165, 1.54) is 12.1 Å². The number of aromatic nitrogens is 1. The second kappa shape index (κ2) is 5.92. The highest BCUT2D eigenvalue weighted by Crippen LogP contribution is 2.26. The van der Waals surface area contributed by atoms with Gasteiger partial charge in [0.25, 0.3) is 0 Å². The van der Waals surface area contributed by atoms with Crippen LogP contribution in [0.5, 0.6) is 0 Å². The van der Waals surface area contributed by atoms with E-state index in [2.05, 4.69) is 20.9 Å². The summed E-state index contributed by atoms with van der Waals surface area (Å²) in [5.41, 5.74) is 2.39. The van der Waals surface area contributed by atoms with Crippen LogP contribution in [-0.4, -0.2) is 10.1 Å². The minimum atomic E-state index is -0.702. The summed E-state index contributed by atoms with van der Waals surface area (Å²) in [7, 11) is 0. The van der Waals surface area contributed by atoms with Crippen LogP contribution in [-0.2, 0) is 6.42 Å². The quantitative estimate of drug-likeness (QED) is 0.762. The van der Waals surface area contributed by atoms with Gasteiger partial charge >= 0.3 is 0 Å². The maximum absolute atomic E-state index is 13.4. The summed E-state index contributed by atoms with van der Waals surface area (Å²) in [5.74, 6) is -0.314. The molecule has 106 valence electrons. The third kappa shape index (κ3) is 3.12. The fourth-order valence-corrected chi connectivity index (χ4v) is 2.98. The van der Waals surface area contributed by atoms with Crippen molar-refractivity contribution in [1.82, 2.24) is 4.98 Å². The molecular formula is C17H13BrFNO. The molecule has 1 heterocycles. The Labute approximate surface area is 130 Å². The molecule has 1 unspecified atom stereocenters. The molecule has 3 rings (SSSR count). The van der Waals surface area contributed by atoms with Crippen LogP contribution in [0.25, 0.3) is 10.9 Å². The highest BCUT2D eigenvalue weighted by molar-refractivity contribution is 9.10. The van der Waals surface area contributed by atoms with Crippen LogP contribution in [0.4, 0.5) is 4.39 Å². The Balaban J connectivity index is 1.95. The second-order valence-electron chi connectivity index (χ2n) is 4.91. The van der Waals surface area contributed by atoms with E-state index in [4.69, 9.17) is 0 Å². The lowest BCUT2D eigenvalue weighted by Gasteiger charge is -2.14. The summed E-state index contributed by atoms with van der Waals surface area (Å²) in [6, 6.07) is 14.1. The molecule has 0 aliphatic carbocycles. The Kier molecular flexibility index (Phi) is 3.99. The molecule has 3 aromatic rings. The van der Waals surface area contributed by atoms with Crippen LogP contribution in [0.2, 0.25) is 0 Å². The van der Waals surface area contributed by atoms with Crippen LogP contribution >= 0.6 is 15.9 Å². The molecule has 0 amide bonds. The molecule has 21 heavy (non-hydrogen) atoms. The number of fused-ring (bicyclic) bond motifs is 1. The number of rotatable bonds is 3. The van der Waals surface area contributed by atoms with Gasteiger partial charge in [0.2, 0.25) is 0 Å². The van der Waals surface area contributed by atoms with Crippen LogP contribution in [0, 0.1) is 5.82 Å². The van der Waals surface area contributed by atoms with E-state index in [0.717, 1.165) is 22.0 Å². The van der Waals surface area contributed by atoms with Crippen molar-refractivity contribution < 1.29 is 9.50 Å². The van der Waals surface area contributed by atoms with Gasteiger partial charge in [-0.2, -0.15) is 0 Å². The first kappa shape index (κ1) is 14.2. The van der Waals surface area contributed by atoms with Gasteiger partial charge < -0.3 is 5.11 Å².